The largest absolute Gasteiger partial charge is 0.348 e. The molecule has 2 amide bonds. The molecule has 1 atom stereocenters. The number of halogens is 2. The SMILES string of the molecule is Cc1nc(NC2CN(C(=O)CC3CC(F)(F)C3)C2)nc2c1NC(=O)C(C(C)C)N2C. The number of hydrogen-bond donors (Lipinski definition) is 2. The number of fused-ring (bicyclic) bond motifs is 1. The highest BCUT2D eigenvalue weighted by atomic mass is 19.3. The summed E-state index contributed by atoms with van der Waals surface area (Å²) in [5.41, 5.74) is 1.29. The van der Waals surface area contributed by atoms with Crippen molar-refractivity contribution >= 4 is 29.3 Å². The number of likely N-dealkylation sites (tertiary alicyclic amines) is 1. The van der Waals surface area contributed by atoms with Crippen LogP contribution >= 0.6 is 0 Å². The van der Waals surface area contributed by atoms with Crippen molar-refractivity contribution in [3.8, 4) is 0 Å². The minimum Gasteiger partial charge on any atom is -0.348 e. The van der Waals surface area contributed by atoms with E-state index in [4.69, 9.17) is 0 Å². The average molecular weight is 422 g/mol. The van der Waals surface area contributed by atoms with E-state index < -0.39 is 5.92 Å². The molecule has 1 aromatic rings. The van der Waals surface area contributed by atoms with Crippen LogP contribution in [0.5, 0.6) is 0 Å². The van der Waals surface area contributed by atoms with Crippen molar-refractivity contribution < 1.29 is 18.4 Å². The quantitative estimate of drug-likeness (QED) is 0.757. The summed E-state index contributed by atoms with van der Waals surface area (Å²) < 4.78 is 25.9. The smallest absolute Gasteiger partial charge is 0.248 e. The first-order valence-electron chi connectivity index (χ1n) is 10.4. The van der Waals surface area contributed by atoms with Crippen molar-refractivity contribution in [2.75, 3.05) is 35.7 Å². The van der Waals surface area contributed by atoms with Gasteiger partial charge in [-0.25, -0.2) is 13.8 Å². The number of carbonyl (C=O) groups is 2. The lowest BCUT2D eigenvalue weighted by Crippen LogP contribution is -2.58. The van der Waals surface area contributed by atoms with Crippen molar-refractivity contribution in [1.29, 1.82) is 0 Å². The summed E-state index contributed by atoms with van der Waals surface area (Å²) in [6.07, 6.45) is -0.173. The van der Waals surface area contributed by atoms with Crippen LogP contribution in [0.25, 0.3) is 0 Å². The van der Waals surface area contributed by atoms with Gasteiger partial charge in [-0.3, -0.25) is 9.59 Å². The van der Waals surface area contributed by atoms with Crippen molar-refractivity contribution in [1.82, 2.24) is 14.9 Å². The van der Waals surface area contributed by atoms with Crippen molar-refractivity contribution in [2.45, 2.75) is 58.0 Å². The number of aryl methyl sites for hydroxylation is 1. The highest BCUT2D eigenvalue weighted by Crippen LogP contribution is 2.44. The topological polar surface area (TPSA) is 90.5 Å². The number of anilines is 3. The molecule has 8 nitrogen and oxygen atoms in total. The number of nitrogens with zero attached hydrogens (tertiary/aromatic N) is 4. The third kappa shape index (κ3) is 3.79. The Balaban J connectivity index is 1.36. The average Bonchev–Trinajstić information content (AvgIpc) is 2.56. The molecule has 10 heteroatoms. The van der Waals surface area contributed by atoms with Gasteiger partial charge in [-0.05, 0) is 18.8 Å². The van der Waals surface area contributed by atoms with Gasteiger partial charge < -0.3 is 20.4 Å². The van der Waals surface area contributed by atoms with Crippen LogP contribution in [-0.2, 0) is 9.59 Å². The number of likely N-dealkylation sites (N-methyl/N-ethyl adjacent to an activating group) is 1. The lowest BCUT2D eigenvalue weighted by molar-refractivity contribution is -0.145. The summed E-state index contributed by atoms with van der Waals surface area (Å²) >= 11 is 0. The van der Waals surface area contributed by atoms with Crippen LogP contribution < -0.4 is 15.5 Å². The molecule has 2 aliphatic heterocycles. The van der Waals surface area contributed by atoms with Crippen LogP contribution in [0.2, 0.25) is 0 Å². The molecule has 1 saturated carbocycles. The summed E-state index contributed by atoms with van der Waals surface area (Å²) in [5.74, 6) is -1.69. The van der Waals surface area contributed by atoms with Gasteiger partial charge in [-0.1, -0.05) is 13.8 Å². The van der Waals surface area contributed by atoms with E-state index in [1.54, 1.807) is 4.90 Å². The first-order chi connectivity index (χ1) is 14.0. The maximum Gasteiger partial charge on any atom is 0.248 e. The number of aromatic nitrogens is 2. The molecule has 1 aromatic heterocycles. The van der Waals surface area contributed by atoms with E-state index in [-0.39, 0.29) is 55.0 Å². The van der Waals surface area contributed by atoms with E-state index in [0.717, 1.165) is 0 Å². The third-order valence-corrected chi connectivity index (χ3v) is 6.18. The predicted molar refractivity (Wildman–Crippen MR) is 109 cm³/mol. The van der Waals surface area contributed by atoms with Gasteiger partial charge in [-0.15, -0.1) is 0 Å². The molecular weight excluding hydrogens is 394 g/mol. The van der Waals surface area contributed by atoms with E-state index in [1.165, 1.54) is 0 Å². The lowest BCUT2D eigenvalue weighted by Gasteiger charge is -2.42. The molecule has 2 fully saturated rings. The van der Waals surface area contributed by atoms with E-state index in [9.17, 15) is 18.4 Å². The monoisotopic (exact) mass is 422 g/mol. The zero-order chi connectivity index (χ0) is 21.8. The number of hydrogen-bond acceptors (Lipinski definition) is 6. The highest BCUT2D eigenvalue weighted by molar-refractivity contribution is 6.03. The summed E-state index contributed by atoms with van der Waals surface area (Å²) in [7, 11) is 1.85. The zero-order valence-electron chi connectivity index (χ0n) is 17.7. The van der Waals surface area contributed by atoms with E-state index in [2.05, 4.69) is 20.6 Å². The zero-order valence-corrected chi connectivity index (χ0v) is 17.7. The predicted octanol–water partition coefficient (Wildman–Crippen LogP) is 2.26. The van der Waals surface area contributed by atoms with Crippen LogP contribution in [0.3, 0.4) is 0 Å². The molecule has 3 heterocycles. The van der Waals surface area contributed by atoms with E-state index >= 15 is 0 Å². The fourth-order valence-electron chi connectivity index (χ4n) is 4.54. The summed E-state index contributed by atoms with van der Waals surface area (Å²) in [4.78, 5) is 37.3. The molecule has 3 aliphatic rings. The molecule has 0 radical (unpaired) electrons. The van der Waals surface area contributed by atoms with Crippen molar-refractivity contribution in [2.24, 2.45) is 11.8 Å². The van der Waals surface area contributed by atoms with Crippen LogP contribution in [-0.4, -0.2) is 64.8 Å². The van der Waals surface area contributed by atoms with Gasteiger partial charge in [-0.2, -0.15) is 4.98 Å². The second-order valence-corrected chi connectivity index (χ2v) is 9.09. The van der Waals surface area contributed by atoms with E-state index in [1.807, 2.05) is 32.7 Å². The van der Waals surface area contributed by atoms with Gasteiger partial charge in [0.1, 0.15) is 11.7 Å². The number of alkyl halides is 2. The molecule has 0 aromatic carbocycles. The molecule has 1 aliphatic carbocycles. The minimum atomic E-state index is -2.59. The van der Waals surface area contributed by atoms with Gasteiger partial charge >= 0.3 is 0 Å². The standard InChI is InChI=1S/C20H28F2N6O2/c1-10(2)16-18(30)25-15-11(3)23-19(26-17(15)27(16)4)24-13-8-28(9-13)14(29)5-12-6-20(21,22)7-12/h10,12-13,16H,5-9H2,1-4H3,(H,25,30)(H,23,24,26). The maximum atomic E-state index is 12.9. The first-order valence-corrected chi connectivity index (χ1v) is 10.4. The molecular formula is C20H28F2N6O2. The number of carbonyl (C=O) groups excluding carboxylic acids is 2. The molecule has 4 rings (SSSR count). The molecule has 2 N–H and O–H groups in total. The van der Waals surface area contributed by atoms with Crippen molar-refractivity contribution in [3.05, 3.63) is 5.69 Å². The maximum absolute atomic E-state index is 12.9. The third-order valence-electron chi connectivity index (χ3n) is 6.18. The number of nitrogens with one attached hydrogen (secondary N) is 2. The fraction of sp³-hybridized carbons (Fsp3) is 0.700. The summed E-state index contributed by atoms with van der Waals surface area (Å²) in [6.45, 7) is 6.80. The molecule has 1 unspecified atom stereocenters. The van der Waals surface area contributed by atoms with Gasteiger partial charge in [0.15, 0.2) is 5.82 Å². The minimum absolute atomic E-state index is 0.0126. The molecule has 0 bridgehead atoms. The second-order valence-electron chi connectivity index (χ2n) is 9.09. The molecule has 164 valence electrons. The first kappa shape index (κ1) is 20.7. The van der Waals surface area contributed by atoms with Crippen LogP contribution in [0.15, 0.2) is 0 Å². The van der Waals surface area contributed by atoms with Gasteiger partial charge in [0, 0.05) is 39.4 Å². The number of rotatable bonds is 5. The summed E-state index contributed by atoms with van der Waals surface area (Å²) in [6, 6.07) is -0.297. The van der Waals surface area contributed by atoms with Gasteiger partial charge in [0.25, 0.3) is 0 Å². The van der Waals surface area contributed by atoms with E-state index in [0.29, 0.717) is 36.2 Å². The molecule has 0 spiro atoms. The Kier molecular flexibility index (Phi) is 5.06. The fourth-order valence-corrected chi connectivity index (χ4v) is 4.54. The molecule has 1 saturated heterocycles. The Bertz CT molecular complexity index is 863. The number of amides is 2. The Hall–Kier alpha value is -2.52. The van der Waals surface area contributed by atoms with Crippen LogP contribution in [0.4, 0.5) is 26.2 Å². The lowest BCUT2D eigenvalue weighted by atomic mass is 9.79. The summed E-state index contributed by atoms with van der Waals surface area (Å²) in [5, 5.41) is 6.16. The Morgan fingerprint density at radius 3 is 2.57 bits per heavy atom. The Morgan fingerprint density at radius 2 is 1.97 bits per heavy atom. The highest BCUT2D eigenvalue weighted by Gasteiger charge is 2.46. The van der Waals surface area contributed by atoms with Gasteiger partial charge in [0.2, 0.25) is 23.7 Å². The van der Waals surface area contributed by atoms with Crippen LogP contribution in [0, 0.1) is 18.8 Å². The Labute approximate surface area is 174 Å². The van der Waals surface area contributed by atoms with Crippen LogP contribution in [0.1, 0.15) is 38.8 Å². The Morgan fingerprint density at radius 1 is 1.30 bits per heavy atom. The molecule has 30 heavy (non-hydrogen) atoms. The van der Waals surface area contributed by atoms with Crippen molar-refractivity contribution in [3.63, 3.8) is 0 Å². The normalized spacial score (nSPS) is 23.6. The second kappa shape index (κ2) is 7.31. The van der Waals surface area contributed by atoms with Gasteiger partial charge in [0.05, 0.1) is 11.7 Å².